The van der Waals surface area contributed by atoms with Crippen molar-refractivity contribution >= 4 is 28.9 Å². The summed E-state index contributed by atoms with van der Waals surface area (Å²) in [6.45, 7) is 0.155. The van der Waals surface area contributed by atoms with Crippen molar-refractivity contribution in [2.45, 2.75) is 6.54 Å². The Morgan fingerprint density at radius 1 is 1.06 bits per heavy atom. The molecule has 1 N–H and O–H groups in total. The molecule has 4 rings (SSSR count). The molecule has 1 amide bonds. The van der Waals surface area contributed by atoms with Crippen molar-refractivity contribution in [2.75, 3.05) is 0 Å². The van der Waals surface area contributed by atoms with Gasteiger partial charge in [-0.05, 0) is 48.0 Å². The molecule has 2 aromatic carbocycles. The maximum Gasteiger partial charge on any atom is 0.351 e. The Hall–Kier alpha value is -4.90. The van der Waals surface area contributed by atoms with Crippen LogP contribution in [0.2, 0.25) is 0 Å². The van der Waals surface area contributed by atoms with Gasteiger partial charge in [-0.3, -0.25) is 4.79 Å². The van der Waals surface area contributed by atoms with Gasteiger partial charge in [0.1, 0.15) is 34.3 Å². The summed E-state index contributed by atoms with van der Waals surface area (Å²) in [4.78, 5) is 36.8. The summed E-state index contributed by atoms with van der Waals surface area (Å²) in [6, 6.07) is 19.6. The van der Waals surface area contributed by atoms with Crippen LogP contribution in [0.3, 0.4) is 0 Å². The molecule has 0 atom stereocenters. The van der Waals surface area contributed by atoms with Gasteiger partial charge in [-0.15, -0.1) is 0 Å². The van der Waals surface area contributed by atoms with Gasteiger partial charge in [0.05, 0.1) is 12.8 Å². The van der Waals surface area contributed by atoms with Crippen LogP contribution < -0.4 is 15.7 Å². The summed E-state index contributed by atoms with van der Waals surface area (Å²) in [5.74, 6) is -0.655. The van der Waals surface area contributed by atoms with Crippen molar-refractivity contribution in [1.29, 1.82) is 5.26 Å². The zero-order chi connectivity index (χ0) is 23.2. The zero-order valence-corrected chi connectivity index (χ0v) is 17.1. The number of carbonyl (C=O) groups is 2. The third kappa shape index (κ3) is 5.06. The van der Waals surface area contributed by atoms with Gasteiger partial charge < -0.3 is 18.9 Å². The number of nitriles is 1. The summed E-state index contributed by atoms with van der Waals surface area (Å²) in [5.41, 5.74) is -0.198. The van der Waals surface area contributed by atoms with Crippen molar-refractivity contribution in [3.63, 3.8) is 0 Å². The minimum absolute atomic E-state index is 0.0972. The van der Waals surface area contributed by atoms with E-state index in [4.69, 9.17) is 13.6 Å². The summed E-state index contributed by atoms with van der Waals surface area (Å²) in [7, 11) is 0. The number of nitrogens with one attached hydrogen (secondary N) is 1. The third-order valence-corrected chi connectivity index (χ3v) is 4.63. The van der Waals surface area contributed by atoms with Crippen molar-refractivity contribution < 1.29 is 23.2 Å². The molecule has 0 radical (unpaired) electrons. The van der Waals surface area contributed by atoms with Crippen LogP contribution in [0.15, 0.2) is 92.2 Å². The second kappa shape index (κ2) is 9.49. The SMILES string of the molecule is N#C/C(=C\c1ccc(OC(=O)c2cc3ccccc3oc2=O)cc1)C(=O)NCc1ccco1. The first-order chi connectivity index (χ1) is 16.0. The van der Waals surface area contributed by atoms with Crippen LogP contribution in [0, 0.1) is 11.3 Å². The van der Waals surface area contributed by atoms with E-state index in [2.05, 4.69) is 5.32 Å². The van der Waals surface area contributed by atoms with Gasteiger partial charge in [-0.25, -0.2) is 9.59 Å². The van der Waals surface area contributed by atoms with E-state index in [0.717, 1.165) is 0 Å². The van der Waals surface area contributed by atoms with Crippen LogP contribution in [-0.4, -0.2) is 11.9 Å². The number of fused-ring (bicyclic) bond motifs is 1. The lowest BCUT2D eigenvalue weighted by Crippen LogP contribution is -2.23. The van der Waals surface area contributed by atoms with Crippen LogP contribution in [0.1, 0.15) is 21.7 Å². The molecule has 0 aliphatic rings. The molecule has 0 saturated heterocycles. The van der Waals surface area contributed by atoms with E-state index in [0.29, 0.717) is 22.3 Å². The fourth-order valence-electron chi connectivity index (χ4n) is 2.99. The zero-order valence-electron chi connectivity index (χ0n) is 17.1. The van der Waals surface area contributed by atoms with Crippen LogP contribution >= 0.6 is 0 Å². The van der Waals surface area contributed by atoms with E-state index in [1.807, 2.05) is 6.07 Å². The topological polar surface area (TPSA) is 123 Å². The minimum Gasteiger partial charge on any atom is -0.467 e. The smallest absolute Gasteiger partial charge is 0.351 e. The Morgan fingerprint density at radius 3 is 2.58 bits per heavy atom. The second-order valence-electron chi connectivity index (χ2n) is 6.88. The summed E-state index contributed by atoms with van der Waals surface area (Å²) in [5, 5.41) is 12.5. The standard InChI is InChI=1S/C25H16N2O6/c26-14-18(23(28)27-15-20-5-3-11-31-20)12-16-7-9-19(10-8-16)32-24(29)21-13-17-4-1-2-6-22(17)33-25(21)30/h1-13H,15H2,(H,27,28)/b18-12+. The van der Waals surface area contributed by atoms with E-state index in [1.54, 1.807) is 48.5 Å². The van der Waals surface area contributed by atoms with Gasteiger partial charge in [0.15, 0.2) is 0 Å². The van der Waals surface area contributed by atoms with Gasteiger partial charge in [-0.2, -0.15) is 5.26 Å². The molecule has 33 heavy (non-hydrogen) atoms. The molecule has 2 aromatic heterocycles. The van der Waals surface area contributed by atoms with Crippen LogP contribution in [-0.2, 0) is 11.3 Å². The number of amides is 1. The van der Waals surface area contributed by atoms with Gasteiger partial charge in [0, 0.05) is 5.39 Å². The average Bonchev–Trinajstić information content (AvgIpc) is 3.35. The summed E-state index contributed by atoms with van der Waals surface area (Å²) < 4.78 is 15.6. The lowest BCUT2D eigenvalue weighted by molar-refractivity contribution is -0.117. The molecular weight excluding hydrogens is 424 g/mol. The Morgan fingerprint density at radius 2 is 1.85 bits per heavy atom. The van der Waals surface area contributed by atoms with E-state index < -0.39 is 17.5 Å². The van der Waals surface area contributed by atoms with Gasteiger partial charge >= 0.3 is 11.6 Å². The predicted molar refractivity (Wildman–Crippen MR) is 118 cm³/mol. The first-order valence-corrected chi connectivity index (χ1v) is 9.81. The maximum atomic E-state index is 12.4. The van der Waals surface area contributed by atoms with Crippen molar-refractivity contribution in [1.82, 2.24) is 5.32 Å². The number of furan rings is 1. The Labute approximate surface area is 187 Å². The Bertz CT molecular complexity index is 1440. The highest BCUT2D eigenvalue weighted by atomic mass is 16.5. The highest BCUT2D eigenvalue weighted by molar-refractivity contribution is 6.01. The van der Waals surface area contributed by atoms with Crippen LogP contribution in [0.25, 0.3) is 17.0 Å². The molecule has 4 aromatic rings. The van der Waals surface area contributed by atoms with Crippen LogP contribution in [0.5, 0.6) is 5.75 Å². The number of nitrogens with zero attached hydrogens (tertiary/aromatic N) is 1. The molecule has 0 spiro atoms. The van der Waals surface area contributed by atoms with Gasteiger partial charge in [0.2, 0.25) is 0 Å². The molecule has 8 nitrogen and oxygen atoms in total. The Kier molecular flexibility index (Phi) is 6.14. The molecule has 0 fully saturated rings. The quantitative estimate of drug-likeness (QED) is 0.159. The summed E-state index contributed by atoms with van der Waals surface area (Å²) >= 11 is 0. The monoisotopic (exact) mass is 440 g/mol. The highest BCUT2D eigenvalue weighted by Gasteiger charge is 2.16. The highest BCUT2D eigenvalue weighted by Crippen LogP contribution is 2.18. The molecule has 2 heterocycles. The summed E-state index contributed by atoms with van der Waals surface area (Å²) in [6.07, 6.45) is 2.89. The van der Waals surface area contributed by atoms with E-state index >= 15 is 0 Å². The fourth-order valence-corrected chi connectivity index (χ4v) is 2.99. The maximum absolute atomic E-state index is 12.4. The molecule has 0 bridgehead atoms. The molecule has 0 aliphatic heterocycles. The number of rotatable bonds is 6. The number of carbonyl (C=O) groups excluding carboxylic acids is 2. The average molecular weight is 440 g/mol. The molecule has 0 aliphatic carbocycles. The number of esters is 1. The van der Waals surface area contributed by atoms with Crippen LogP contribution in [0.4, 0.5) is 0 Å². The molecule has 0 saturated carbocycles. The van der Waals surface area contributed by atoms with E-state index in [-0.39, 0.29) is 23.4 Å². The predicted octanol–water partition coefficient (Wildman–Crippen LogP) is 3.83. The van der Waals surface area contributed by atoms with Gasteiger partial charge in [0.25, 0.3) is 5.91 Å². The number of hydrogen-bond donors (Lipinski definition) is 1. The first-order valence-electron chi connectivity index (χ1n) is 9.81. The number of para-hydroxylation sites is 1. The minimum atomic E-state index is -0.854. The van der Waals surface area contributed by atoms with E-state index in [1.165, 1.54) is 30.5 Å². The molecule has 0 unspecified atom stereocenters. The third-order valence-electron chi connectivity index (χ3n) is 4.63. The largest absolute Gasteiger partial charge is 0.467 e. The van der Waals surface area contributed by atoms with Gasteiger partial charge in [-0.1, -0.05) is 30.3 Å². The van der Waals surface area contributed by atoms with Crippen molar-refractivity contribution in [3.8, 4) is 11.8 Å². The first kappa shape index (κ1) is 21.3. The lowest BCUT2D eigenvalue weighted by atomic mass is 10.1. The van der Waals surface area contributed by atoms with Crippen molar-refractivity contribution in [2.24, 2.45) is 0 Å². The fraction of sp³-hybridized carbons (Fsp3) is 0.0400. The lowest BCUT2D eigenvalue weighted by Gasteiger charge is -2.05. The Balaban J connectivity index is 1.45. The number of benzene rings is 2. The number of ether oxygens (including phenoxy) is 1. The van der Waals surface area contributed by atoms with Crippen molar-refractivity contribution in [3.05, 3.63) is 106 Å². The molecular formula is C25H16N2O6. The second-order valence-corrected chi connectivity index (χ2v) is 6.88. The normalized spacial score (nSPS) is 11.1. The molecule has 8 heteroatoms. The van der Waals surface area contributed by atoms with E-state index in [9.17, 15) is 19.6 Å². The molecule has 162 valence electrons. The number of hydrogen-bond acceptors (Lipinski definition) is 7.